The van der Waals surface area contributed by atoms with Crippen LogP contribution in [-0.2, 0) is 11.3 Å². The number of fused-ring (bicyclic) bond motifs is 1. The van der Waals surface area contributed by atoms with E-state index in [9.17, 15) is 4.79 Å². The highest BCUT2D eigenvalue weighted by molar-refractivity contribution is 5.78. The highest BCUT2D eigenvalue weighted by atomic mass is 16.5. The van der Waals surface area contributed by atoms with Gasteiger partial charge < -0.3 is 14.8 Å². The Labute approximate surface area is 163 Å². The minimum atomic E-state index is -0.150. The second kappa shape index (κ2) is 8.86. The van der Waals surface area contributed by atoms with Crippen molar-refractivity contribution in [3.63, 3.8) is 0 Å². The normalized spacial score (nSPS) is 14.9. The molecule has 2 heterocycles. The molecule has 1 aliphatic heterocycles. The predicted molar refractivity (Wildman–Crippen MR) is 109 cm³/mol. The zero-order chi connectivity index (χ0) is 19.2. The number of aromatic nitrogens is 2. The molecule has 1 aliphatic rings. The molecular formula is C21H24N4O3. The van der Waals surface area contributed by atoms with Crippen molar-refractivity contribution in [2.24, 2.45) is 0 Å². The van der Waals surface area contributed by atoms with E-state index in [4.69, 9.17) is 9.47 Å². The molecule has 28 heavy (non-hydrogen) atoms. The van der Waals surface area contributed by atoms with Gasteiger partial charge in [-0.25, -0.2) is 4.98 Å². The van der Waals surface area contributed by atoms with E-state index in [1.165, 1.54) is 0 Å². The highest BCUT2D eigenvalue weighted by Gasteiger charge is 2.11. The average Bonchev–Trinajstić information content (AvgIpc) is 2.74. The Balaban J connectivity index is 1.39. The van der Waals surface area contributed by atoms with Crippen molar-refractivity contribution in [1.82, 2.24) is 14.9 Å². The van der Waals surface area contributed by atoms with Crippen molar-refractivity contribution in [2.45, 2.75) is 6.54 Å². The van der Waals surface area contributed by atoms with Gasteiger partial charge in [-0.15, -0.1) is 0 Å². The van der Waals surface area contributed by atoms with Crippen LogP contribution < -0.4 is 15.6 Å². The van der Waals surface area contributed by atoms with Crippen LogP contribution in [0, 0.1) is 0 Å². The van der Waals surface area contributed by atoms with Crippen LogP contribution in [0.25, 0.3) is 10.9 Å². The van der Waals surface area contributed by atoms with Crippen LogP contribution in [0.5, 0.6) is 5.75 Å². The fourth-order valence-corrected chi connectivity index (χ4v) is 3.25. The SMILES string of the molecule is O=c1[nH]c(NCc2ccccc2OCCN2CCOCC2)nc2ccccc12. The zero-order valence-electron chi connectivity index (χ0n) is 15.7. The van der Waals surface area contributed by atoms with Gasteiger partial charge in [-0.2, -0.15) is 0 Å². The van der Waals surface area contributed by atoms with Crippen molar-refractivity contribution < 1.29 is 9.47 Å². The van der Waals surface area contributed by atoms with E-state index in [1.54, 1.807) is 6.07 Å². The van der Waals surface area contributed by atoms with E-state index in [0.29, 0.717) is 30.0 Å². The topological polar surface area (TPSA) is 79.5 Å². The molecule has 146 valence electrons. The molecule has 1 saturated heterocycles. The fourth-order valence-electron chi connectivity index (χ4n) is 3.25. The summed E-state index contributed by atoms with van der Waals surface area (Å²) in [6.07, 6.45) is 0. The van der Waals surface area contributed by atoms with Gasteiger partial charge in [0.05, 0.1) is 24.1 Å². The first-order valence-electron chi connectivity index (χ1n) is 9.53. The third-order valence-electron chi connectivity index (χ3n) is 4.80. The number of morpholine rings is 1. The number of nitrogens with zero attached hydrogens (tertiary/aromatic N) is 2. The quantitative estimate of drug-likeness (QED) is 0.655. The molecule has 0 amide bonds. The minimum absolute atomic E-state index is 0.150. The Kier molecular flexibility index (Phi) is 5.84. The van der Waals surface area contributed by atoms with Crippen LogP contribution in [0.1, 0.15) is 5.56 Å². The lowest BCUT2D eigenvalue weighted by atomic mass is 10.2. The van der Waals surface area contributed by atoms with Crippen LogP contribution in [0.4, 0.5) is 5.95 Å². The van der Waals surface area contributed by atoms with Crippen molar-refractivity contribution in [2.75, 3.05) is 44.8 Å². The van der Waals surface area contributed by atoms with Gasteiger partial charge in [-0.1, -0.05) is 30.3 Å². The summed E-state index contributed by atoms with van der Waals surface area (Å²) in [5, 5.41) is 3.78. The van der Waals surface area contributed by atoms with Crippen molar-refractivity contribution in [1.29, 1.82) is 0 Å². The molecule has 0 radical (unpaired) electrons. The lowest BCUT2D eigenvalue weighted by molar-refractivity contribution is 0.0322. The van der Waals surface area contributed by atoms with Gasteiger partial charge in [0.25, 0.3) is 5.56 Å². The van der Waals surface area contributed by atoms with Gasteiger partial charge >= 0.3 is 0 Å². The van der Waals surface area contributed by atoms with Gasteiger partial charge in [0, 0.05) is 31.7 Å². The number of hydrogen-bond acceptors (Lipinski definition) is 6. The molecule has 0 atom stereocenters. The maximum Gasteiger partial charge on any atom is 0.260 e. The number of aromatic amines is 1. The third kappa shape index (κ3) is 4.49. The van der Waals surface area contributed by atoms with Crippen molar-refractivity contribution >= 4 is 16.9 Å². The van der Waals surface area contributed by atoms with Gasteiger partial charge in [0.1, 0.15) is 12.4 Å². The number of anilines is 1. The first-order chi connectivity index (χ1) is 13.8. The number of benzene rings is 2. The number of para-hydroxylation sites is 2. The van der Waals surface area contributed by atoms with E-state index in [0.717, 1.165) is 44.2 Å². The van der Waals surface area contributed by atoms with Crippen LogP contribution >= 0.6 is 0 Å². The number of rotatable bonds is 7. The summed E-state index contributed by atoms with van der Waals surface area (Å²) >= 11 is 0. The molecule has 0 aliphatic carbocycles. The van der Waals surface area contributed by atoms with E-state index < -0.39 is 0 Å². The molecule has 4 rings (SSSR count). The number of ether oxygens (including phenoxy) is 2. The Morgan fingerprint density at radius 1 is 1.11 bits per heavy atom. The molecule has 2 aromatic carbocycles. The summed E-state index contributed by atoms with van der Waals surface area (Å²) < 4.78 is 11.4. The maximum atomic E-state index is 12.2. The molecule has 0 spiro atoms. The monoisotopic (exact) mass is 380 g/mol. The molecule has 3 aromatic rings. The summed E-state index contributed by atoms with van der Waals surface area (Å²) in [6, 6.07) is 15.2. The van der Waals surface area contributed by atoms with Crippen molar-refractivity contribution in [3.05, 3.63) is 64.4 Å². The zero-order valence-corrected chi connectivity index (χ0v) is 15.7. The molecule has 0 unspecified atom stereocenters. The summed E-state index contributed by atoms with van der Waals surface area (Å²) in [5.74, 6) is 1.29. The first kappa shape index (κ1) is 18.5. The number of nitrogens with one attached hydrogen (secondary N) is 2. The standard InChI is InChI=1S/C21H24N4O3/c26-20-17-6-2-3-7-18(17)23-21(24-20)22-15-16-5-1-4-8-19(16)28-14-11-25-9-12-27-13-10-25/h1-8H,9-15H2,(H2,22,23,24,26). The fraction of sp³-hybridized carbons (Fsp3) is 0.333. The van der Waals surface area contributed by atoms with Gasteiger partial charge in [0.2, 0.25) is 5.95 Å². The molecule has 0 saturated carbocycles. The van der Waals surface area contributed by atoms with Crippen molar-refractivity contribution in [3.8, 4) is 5.75 Å². The Hall–Kier alpha value is -2.90. The maximum absolute atomic E-state index is 12.2. The molecule has 7 nitrogen and oxygen atoms in total. The molecule has 2 N–H and O–H groups in total. The molecule has 7 heteroatoms. The van der Waals surface area contributed by atoms with Gasteiger partial charge in [0.15, 0.2) is 0 Å². The van der Waals surface area contributed by atoms with E-state index >= 15 is 0 Å². The summed E-state index contributed by atoms with van der Waals surface area (Å²) in [6.45, 7) is 5.50. The number of H-pyrrole nitrogens is 1. The van der Waals surface area contributed by atoms with Crippen LogP contribution in [0.2, 0.25) is 0 Å². The molecule has 1 fully saturated rings. The summed E-state index contributed by atoms with van der Waals surface area (Å²) in [4.78, 5) is 21.8. The summed E-state index contributed by atoms with van der Waals surface area (Å²) in [5.41, 5.74) is 1.53. The molecule has 0 bridgehead atoms. The highest BCUT2D eigenvalue weighted by Crippen LogP contribution is 2.19. The Bertz CT molecular complexity index is 983. The van der Waals surface area contributed by atoms with Gasteiger partial charge in [-0.05, 0) is 18.2 Å². The predicted octanol–water partition coefficient (Wildman–Crippen LogP) is 2.25. The second-order valence-electron chi connectivity index (χ2n) is 6.70. The van der Waals surface area contributed by atoms with E-state index in [2.05, 4.69) is 20.2 Å². The van der Waals surface area contributed by atoms with Gasteiger partial charge in [-0.3, -0.25) is 14.7 Å². The van der Waals surface area contributed by atoms with Crippen LogP contribution in [-0.4, -0.2) is 54.3 Å². The summed E-state index contributed by atoms with van der Waals surface area (Å²) in [7, 11) is 0. The third-order valence-corrected chi connectivity index (χ3v) is 4.80. The first-order valence-corrected chi connectivity index (χ1v) is 9.53. The number of hydrogen-bond donors (Lipinski definition) is 2. The van der Waals surface area contributed by atoms with Crippen LogP contribution in [0.15, 0.2) is 53.3 Å². The lowest BCUT2D eigenvalue weighted by Crippen LogP contribution is -2.38. The second-order valence-corrected chi connectivity index (χ2v) is 6.70. The van der Waals surface area contributed by atoms with E-state index in [-0.39, 0.29) is 5.56 Å². The largest absolute Gasteiger partial charge is 0.492 e. The smallest absolute Gasteiger partial charge is 0.260 e. The average molecular weight is 380 g/mol. The Morgan fingerprint density at radius 3 is 2.79 bits per heavy atom. The van der Waals surface area contributed by atoms with E-state index in [1.807, 2.05) is 42.5 Å². The molecular weight excluding hydrogens is 356 g/mol. The minimum Gasteiger partial charge on any atom is -0.492 e. The Morgan fingerprint density at radius 2 is 1.89 bits per heavy atom. The van der Waals surface area contributed by atoms with Crippen LogP contribution in [0.3, 0.4) is 0 Å². The lowest BCUT2D eigenvalue weighted by Gasteiger charge is -2.26. The molecule has 1 aromatic heterocycles.